The van der Waals surface area contributed by atoms with Gasteiger partial charge in [0.25, 0.3) is 0 Å². The fourth-order valence-corrected chi connectivity index (χ4v) is 2.94. The van der Waals surface area contributed by atoms with Gasteiger partial charge in [0.2, 0.25) is 0 Å². The molecule has 0 unspecified atom stereocenters. The zero-order valence-corrected chi connectivity index (χ0v) is 15.3. The number of benzene rings is 3. The van der Waals surface area contributed by atoms with Gasteiger partial charge in [-0.3, -0.25) is 0 Å². The predicted octanol–water partition coefficient (Wildman–Crippen LogP) is 5.46. The van der Waals surface area contributed by atoms with Gasteiger partial charge in [-0.25, -0.2) is 4.39 Å². The lowest BCUT2D eigenvalue weighted by Crippen LogP contribution is -2.13. The monoisotopic (exact) mass is 399 g/mol. The molecule has 0 bridgehead atoms. The highest BCUT2D eigenvalue weighted by molar-refractivity contribution is 9.10. The van der Waals surface area contributed by atoms with E-state index in [0.717, 1.165) is 22.3 Å². The van der Waals surface area contributed by atoms with Crippen LogP contribution in [-0.4, -0.2) is 0 Å². The van der Waals surface area contributed by atoms with Crippen molar-refractivity contribution in [2.45, 2.75) is 19.7 Å². The average molecular weight is 400 g/mol. The number of halogens is 2. The largest absolute Gasteiger partial charge is 0.488 e. The van der Waals surface area contributed by atoms with Gasteiger partial charge < -0.3 is 10.1 Å². The molecule has 0 aromatic heterocycles. The van der Waals surface area contributed by atoms with E-state index in [9.17, 15) is 4.39 Å². The molecule has 0 aliphatic heterocycles. The van der Waals surface area contributed by atoms with Crippen molar-refractivity contribution < 1.29 is 9.13 Å². The van der Waals surface area contributed by atoms with E-state index in [2.05, 4.69) is 33.4 Å². The first-order chi connectivity index (χ1) is 12.2. The van der Waals surface area contributed by atoms with Crippen molar-refractivity contribution in [1.82, 2.24) is 5.32 Å². The Morgan fingerprint density at radius 2 is 1.60 bits per heavy atom. The van der Waals surface area contributed by atoms with Crippen molar-refractivity contribution >= 4 is 15.9 Å². The molecule has 0 aliphatic carbocycles. The molecule has 0 heterocycles. The summed E-state index contributed by atoms with van der Waals surface area (Å²) >= 11 is 3.50. The Bertz CT molecular complexity index is 823. The summed E-state index contributed by atoms with van der Waals surface area (Å²) in [5.41, 5.74) is 2.81. The van der Waals surface area contributed by atoms with Crippen molar-refractivity contribution in [2.75, 3.05) is 0 Å². The van der Waals surface area contributed by atoms with Gasteiger partial charge in [-0.15, -0.1) is 0 Å². The van der Waals surface area contributed by atoms with Gasteiger partial charge in [0, 0.05) is 28.7 Å². The lowest BCUT2D eigenvalue weighted by Gasteiger charge is -2.13. The number of ether oxygens (including phenoxy) is 1. The number of nitrogens with one attached hydrogen (secondary N) is 1. The highest BCUT2D eigenvalue weighted by Gasteiger charge is 2.07. The smallest absolute Gasteiger partial charge is 0.129 e. The summed E-state index contributed by atoms with van der Waals surface area (Å²) in [5.74, 6) is 0.510. The zero-order valence-electron chi connectivity index (χ0n) is 13.7. The minimum Gasteiger partial charge on any atom is -0.488 e. The Hall–Kier alpha value is -2.17. The molecule has 3 aromatic rings. The molecule has 0 saturated heterocycles. The molecular formula is C21H19BrFNO. The van der Waals surface area contributed by atoms with Crippen LogP contribution in [0.5, 0.6) is 5.75 Å². The second-order valence-electron chi connectivity index (χ2n) is 5.72. The highest BCUT2D eigenvalue weighted by atomic mass is 79.9. The number of hydrogen-bond acceptors (Lipinski definition) is 2. The Kier molecular flexibility index (Phi) is 6.20. The quantitative estimate of drug-likeness (QED) is 0.569. The number of hydrogen-bond donors (Lipinski definition) is 1. The van der Waals surface area contributed by atoms with E-state index >= 15 is 0 Å². The van der Waals surface area contributed by atoms with E-state index in [-0.39, 0.29) is 12.4 Å². The second kappa shape index (κ2) is 8.79. The first-order valence-corrected chi connectivity index (χ1v) is 8.91. The molecule has 0 radical (unpaired) electrons. The molecule has 0 spiro atoms. The summed E-state index contributed by atoms with van der Waals surface area (Å²) in [7, 11) is 0. The summed E-state index contributed by atoms with van der Waals surface area (Å²) in [6.45, 7) is 1.65. The average Bonchev–Trinajstić information content (AvgIpc) is 2.63. The molecule has 0 aliphatic rings. The Morgan fingerprint density at radius 1 is 0.840 bits per heavy atom. The van der Waals surface area contributed by atoms with E-state index in [1.54, 1.807) is 12.1 Å². The van der Waals surface area contributed by atoms with Gasteiger partial charge in [-0.2, -0.15) is 0 Å². The summed E-state index contributed by atoms with van der Waals surface area (Å²) in [6, 6.07) is 22.8. The van der Waals surface area contributed by atoms with Crippen LogP contribution in [0.15, 0.2) is 77.3 Å². The van der Waals surface area contributed by atoms with Crippen LogP contribution < -0.4 is 10.1 Å². The van der Waals surface area contributed by atoms with Crippen molar-refractivity contribution in [3.8, 4) is 5.75 Å². The van der Waals surface area contributed by atoms with E-state index in [4.69, 9.17) is 4.74 Å². The van der Waals surface area contributed by atoms with Crippen LogP contribution >= 0.6 is 15.9 Å². The van der Waals surface area contributed by atoms with E-state index < -0.39 is 0 Å². The second-order valence-corrected chi connectivity index (χ2v) is 6.64. The lowest BCUT2D eigenvalue weighted by atomic mass is 10.1. The van der Waals surface area contributed by atoms with Gasteiger partial charge >= 0.3 is 0 Å². The molecule has 0 atom stereocenters. The fourth-order valence-electron chi connectivity index (χ4n) is 2.54. The van der Waals surface area contributed by atoms with Crippen LogP contribution in [0.25, 0.3) is 0 Å². The first kappa shape index (κ1) is 17.6. The van der Waals surface area contributed by atoms with Crippen LogP contribution in [0.4, 0.5) is 4.39 Å². The molecule has 128 valence electrons. The summed E-state index contributed by atoms with van der Waals surface area (Å²) in [6.07, 6.45) is 0. The third-order valence-electron chi connectivity index (χ3n) is 3.85. The molecule has 4 heteroatoms. The van der Waals surface area contributed by atoms with Crippen LogP contribution in [0.3, 0.4) is 0 Å². The Morgan fingerprint density at radius 3 is 2.40 bits per heavy atom. The SMILES string of the molecule is Fc1ccccc1COc1ccc(Br)cc1CNCc1ccccc1. The van der Waals surface area contributed by atoms with Gasteiger partial charge in [0.1, 0.15) is 18.2 Å². The van der Waals surface area contributed by atoms with Crippen LogP contribution in [0.1, 0.15) is 16.7 Å². The predicted molar refractivity (Wildman–Crippen MR) is 102 cm³/mol. The van der Waals surface area contributed by atoms with Crippen molar-refractivity contribution in [1.29, 1.82) is 0 Å². The molecule has 0 amide bonds. The first-order valence-electron chi connectivity index (χ1n) is 8.11. The van der Waals surface area contributed by atoms with Gasteiger partial charge in [0.05, 0.1) is 0 Å². The summed E-state index contributed by atoms with van der Waals surface area (Å²) in [4.78, 5) is 0. The topological polar surface area (TPSA) is 21.3 Å². The summed E-state index contributed by atoms with van der Waals surface area (Å²) < 4.78 is 20.6. The Labute approximate surface area is 155 Å². The normalized spacial score (nSPS) is 10.6. The minimum atomic E-state index is -0.247. The molecule has 2 nitrogen and oxygen atoms in total. The minimum absolute atomic E-state index is 0.208. The van der Waals surface area contributed by atoms with Crippen molar-refractivity contribution in [3.63, 3.8) is 0 Å². The fraction of sp³-hybridized carbons (Fsp3) is 0.143. The maximum absolute atomic E-state index is 13.7. The van der Waals surface area contributed by atoms with Crippen molar-refractivity contribution in [2.24, 2.45) is 0 Å². The maximum Gasteiger partial charge on any atom is 0.129 e. The standard InChI is InChI=1S/C21H19BrFNO/c22-19-10-11-21(25-15-17-8-4-5-9-20(17)23)18(12-19)14-24-13-16-6-2-1-3-7-16/h1-12,24H,13-15H2. The van der Waals surface area contributed by atoms with Gasteiger partial charge in [0.15, 0.2) is 0 Å². The molecule has 3 aromatic carbocycles. The molecular weight excluding hydrogens is 381 g/mol. The number of rotatable bonds is 7. The van der Waals surface area contributed by atoms with E-state index in [1.807, 2.05) is 42.5 Å². The summed E-state index contributed by atoms with van der Waals surface area (Å²) in [5, 5.41) is 3.42. The zero-order chi connectivity index (χ0) is 17.5. The van der Waals surface area contributed by atoms with Gasteiger partial charge in [-0.05, 0) is 29.8 Å². The van der Waals surface area contributed by atoms with E-state index in [0.29, 0.717) is 12.1 Å². The molecule has 1 N–H and O–H groups in total. The Balaban J connectivity index is 1.64. The molecule has 0 saturated carbocycles. The van der Waals surface area contributed by atoms with E-state index in [1.165, 1.54) is 11.6 Å². The molecule has 0 fully saturated rings. The maximum atomic E-state index is 13.7. The van der Waals surface area contributed by atoms with Gasteiger partial charge in [-0.1, -0.05) is 64.5 Å². The van der Waals surface area contributed by atoms with Crippen LogP contribution in [0.2, 0.25) is 0 Å². The van der Waals surface area contributed by atoms with Crippen LogP contribution in [0, 0.1) is 5.82 Å². The lowest BCUT2D eigenvalue weighted by molar-refractivity contribution is 0.296. The highest BCUT2D eigenvalue weighted by Crippen LogP contribution is 2.24. The molecule has 25 heavy (non-hydrogen) atoms. The third-order valence-corrected chi connectivity index (χ3v) is 4.34. The van der Waals surface area contributed by atoms with Crippen molar-refractivity contribution in [3.05, 3.63) is 99.8 Å². The third kappa shape index (κ3) is 5.15. The molecule has 3 rings (SSSR count). The van der Waals surface area contributed by atoms with Crippen LogP contribution in [-0.2, 0) is 19.7 Å².